The fourth-order valence-corrected chi connectivity index (χ4v) is 2.91. The Morgan fingerprint density at radius 2 is 1.56 bits per heavy atom. The van der Waals surface area contributed by atoms with Gasteiger partial charge in [-0.3, -0.25) is 0 Å². The second-order valence-corrected chi connectivity index (χ2v) is 6.42. The molecule has 0 spiro atoms. The van der Waals surface area contributed by atoms with Gasteiger partial charge in [0.05, 0.1) is 0 Å². The van der Waals surface area contributed by atoms with Crippen molar-refractivity contribution in [2.45, 2.75) is 97.4 Å². The van der Waals surface area contributed by atoms with E-state index in [1.54, 1.807) is 0 Å². The molecular formula is C17H35N. The van der Waals surface area contributed by atoms with E-state index < -0.39 is 0 Å². The molecule has 1 unspecified atom stereocenters. The number of hydrogen-bond acceptors (Lipinski definition) is 1. The quantitative estimate of drug-likeness (QED) is 0.466. The maximum atomic E-state index is 3.80. The Morgan fingerprint density at radius 1 is 0.889 bits per heavy atom. The van der Waals surface area contributed by atoms with Crippen molar-refractivity contribution in [3.63, 3.8) is 0 Å². The number of unbranched alkanes of at least 4 members (excludes halogenated alkanes) is 4. The number of rotatable bonds is 12. The third kappa shape index (κ3) is 6.22. The molecule has 1 rings (SSSR count). The molecule has 1 nitrogen and oxygen atoms in total. The largest absolute Gasteiger partial charge is 0.313 e. The summed E-state index contributed by atoms with van der Waals surface area (Å²) in [7, 11) is 0. The summed E-state index contributed by atoms with van der Waals surface area (Å²) >= 11 is 0. The average Bonchev–Trinajstić information content (AvgIpc) is 3.21. The van der Waals surface area contributed by atoms with Gasteiger partial charge in [0.2, 0.25) is 0 Å². The van der Waals surface area contributed by atoms with Crippen molar-refractivity contribution < 1.29 is 0 Å². The molecule has 0 radical (unpaired) electrons. The van der Waals surface area contributed by atoms with E-state index in [2.05, 4.69) is 26.1 Å². The molecule has 1 saturated carbocycles. The van der Waals surface area contributed by atoms with E-state index in [-0.39, 0.29) is 0 Å². The molecule has 0 amide bonds. The molecule has 0 aromatic rings. The topological polar surface area (TPSA) is 12.0 Å². The summed E-state index contributed by atoms with van der Waals surface area (Å²) in [5.41, 5.74) is 0.604. The second-order valence-electron chi connectivity index (χ2n) is 6.42. The first kappa shape index (κ1) is 16.0. The zero-order valence-electron chi connectivity index (χ0n) is 13.1. The Balaban J connectivity index is 2.34. The first-order valence-corrected chi connectivity index (χ1v) is 8.49. The van der Waals surface area contributed by atoms with Crippen molar-refractivity contribution in [3.8, 4) is 0 Å². The van der Waals surface area contributed by atoms with Gasteiger partial charge in [-0.2, -0.15) is 0 Å². The fourth-order valence-electron chi connectivity index (χ4n) is 2.91. The van der Waals surface area contributed by atoms with Crippen LogP contribution in [0.2, 0.25) is 0 Å². The molecule has 0 heterocycles. The van der Waals surface area contributed by atoms with Crippen LogP contribution in [0.3, 0.4) is 0 Å². The zero-order chi connectivity index (χ0) is 13.3. The van der Waals surface area contributed by atoms with Crippen LogP contribution in [0.1, 0.15) is 91.4 Å². The average molecular weight is 253 g/mol. The normalized spacial score (nSPS) is 18.8. The Morgan fingerprint density at radius 3 is 2.11 bits per heavy atom. The van der Waals surface area contributed by atoms with Crippen molar-refractivity contribution in [1.29, 1.82) is 0 Å². The minimum atomic E-state index is 0.604. The molecular weight excluding hydrogens is 218 g/mol. The van der Waals surface area contributed by atoms with E-state index in [0.717, 1.165) is 6.04 Å². The van der Waals surface area contributed by atoms with Gasteiger partial charge < -0.3 is 5.32 Å². The van der Waals surface area contributed by atoms with E-state index in [1.165, 1.54) is 77.2 Å². The maximum absolute atomic E-state index is 3.80. The molecule has 1 atom stereocenters. The predicted octanol–water partition coefficient (Wildman–Crippen LogP) is 5.30. The lowest BCUT2D eigenvalue weighted by Gasteiger charge is -2.34. The van der Waals surface area contributed by atoms with Crippen LogP contribution in [-0.4, -0.2) is 12.6 Å². The minimum absolute atomic E-state index is 0.604. The van der Waals surface area contributed by atoms with E-state index in [0.29, 0.717) is 5.41 Å². The summed E-state index contributed by atoms with van der Waals surface area (Å²) in [5, 5.41) is 3.80. The second kappa shape index (κ2) is 8.96. The van der Waals surface area contributed by atoms with Gasteiger partial charge in [0, 0.05) is 12.6 Å². The Labute approximate surface area is 115 Å². The number of nitrogens with one attached hydrogen (secondary N) is 1. The molecule has 1 heteroatoms. The lowest BCUT2D eigenvalue weighted by Crippen LogP contribution is -2.35. The van der Waals surface area contributed by atoms with Crippen LogP contribution in [0.4, 0.5) is 0 Å². The molecule has 1 fully saturated rings. The van der Waals surface area contributed by atoms with Crippen LogP contribution >= 0.6 is 0 Å². The first-order chi connectivity index (χ1) is 8.76. The fraction of sp³-hybridized carbons (Fsp3) is 1.00. The Kier molecular flexibility index (Phi) is 7.97. The summed E-state index contributed by atoms with van der Waals surface area (Å²) in [4.78, 5) is 0. The van der Waals surface area contributed by atoms with E-state index in [1.807, 2.05) is 0 Å². The van der Waals surface area contributed by atoms with Crippen LogP contribution in [0.25, 0.3) is 0 Å². The van der Waals surface area contributed by atoms with Crippen molar-refractivity contribution in [2.24, 2.45) is 5.41 Å². The standard InChI is InChI=1S/C17H35N/c1-4-7-9-10-14-17(6-3,13-8-5-2)15-18-16-11-12-16/h16,18H,4-15H2,1-3H3. The van der Waals surface area contributed by atoms with Gasteiger partial charge in [-0.15, -0.1) is 0 Å². The Bertz CT molecular complexity index is 198. The van der Waals surface area contributed by atoms with Gasteiger partial charge in [0.1, 0.15) is 0 Å². The molecule has 0 aromatic heterocycles. The van der Waals surface area contributed by atoms with Crippen molar-refractivity contribution >= 4 is 0 Å². The minimum Gasteiger partial charge on any atom is -0.313 e. The maximum Gasteiger partial charge on any atom is 0.00684 e. The van der Waals surface area contributed by atoms with E-state index in [4.69, 9.17) is 0 Å². The SMILES string of the molecule is CCCCCCC(CC)(CCCC)CNC1CC1. The molecule has 0 aliphatic heterocycles. The zero-order valence-corrected chi connectivity index (χ0v) is 13.1. The molecule has 0 saturated heterocycles. The van der Waals surface area contributed by atoms with Gasteiger partial charge in [-0.05, 0) is 37.5 Å². The third-order valence-electron chi connectivity index (χ3n) is 4.71. The lowest BCUT2D eigenvalue weighted by atomic mass is 9.75. The smallest absolute Gasteiger partial charge is 0.00684 e. The lowest BCUT2D eigenvalue weighted by molar-refractivity contribution is 0.204. The van der Waals surface area contributed by atoms with Crippen molar-refractivity contribution in [1.82, 2.24) is 5.32 Å². The molecule has 0 bridgehead atoms. The highest BCUT2D eigenvalue weighted by atomic mass is 15.0. The van der Waals surface area contributed by atoms with Crippen LogP contribution in [-0.2, 0) is 0 Å². The van der Waals surface area contributed by atoms with Crippen molar-refractivity contribution in [2.75, 3.05) is 6.54 Å². The number of hydrogen-bond donors (Lipinski definition) is 1. The van der Waals surface area contributed by atoms with E-state index in [9.17, 15) is 0 Å². The summed E-state index contributed by atoms with van der Waals surface area (Å²) in [6.07, 6.45) is 15.5. The van der Waals surface area contributed by atoms with Gasteiger partial charge >= 0.3 is 0 Å². The molecule has 1 aliphatic carbocycles. The van der Waals surface area contributed by atoms with Gasteiger partial charge in [0.25, 0.3) is 0 Å². The third-order valence-corrected chi connectivity index (χ3v) is 4.71. The van der Waals surface area contributed by atoms with Crippen molar-refractivity contribution in [3.05, 3.63) is 0 Å². The van der Waals surface area contributed by atoms with Crippen LogP contribution in [0.5, 0.6) is 0 Å². The summed E-state index contributed by atoms with van der Waals surface area (Å²) in [5.74, 6) is 0. The molecule has 1 aliphatic rings. The molecule has 108 valence electrons. The predicted molar refractivity (Wildman–Crippen MR) is 82.0 cm³/mol. The van der Waals surface area contributed by atoms with Gasteiger partial charge in [0.15, 0.2) is 0 Å². The molecule has 18 heavy (non-hydrogen) atoms. The van der Waals surface area contributed by atoms with Crippen LogP contribution in [0, 0.1) is 5.41 Å². The molecule has 0 aromatic carbocycles. The van der Waals surface area contributed by atoms with Crippen LogP contribution < -0.4 is 5.32 Å². The molecule has 1 N–H and O–H groups in total. The van der Waals surface area contributed by atoms with E-state index >= 15 is 0 Å². The van der Waals surface area contributed by atoms with Gasteiger partial charge in [-0.25, -0.2) is 0 Å². The summed E-state index contributed by atoms with van der Waals surface area (Å²) < 4.78 is 0. The highest BCUT2D eigenvalue weighted by Crippen LogP contribution is 2.35. The summed E-state index contributed by atoms with van der Waals surface area (Å²) in [6.45, 7) is 8.31. The first-order valence-electron chi connectivity index (χ1n) is 8.49. The van der Waals surface area contributed by atoms with Crippen LogP contribution in [0.15, 0.2) is 0 Å². The monoisotopic (exact) mass is 253 g/mol. The highest BCUT2D eigenvalue weighted by Gasteiger charge is 2.30. The van der Waals surface area contributed by atoms with Gasteiger partial charge in [-0.1, -0.05) is 59.3 Å². The highest BCUT2D eigenvalue weighted by molar-refractivity contribution is 4.87. The Hall–Kier alpha value is -0.0400. The summed E-state index contributed by atoms with van der Waals surface area (Å²) in [6, 6.07) is 0.869.